The molecule has 4 nitrogen and oxygen atoms in total. The number of halogens is 1. The summed E-state index contributed by atoms with van der Waals surface area (Å²) in [5.74, 6) is 1.01. The molecule has 1 heterocycles. The molecule has 0 aliphatic heterocycles. The summed E-state index contributed by atoms with van der Waals surface area (Å²) >= 11 is 5.88. The monoisotopic (exact) mass is 340 g/mol. The van der Waals surface area contributed by atoms with Crippen molar-refractivity contribution in [1.82, 2.24) is 0 Å². The first kappa shape index (κ1) is 16.0. The van der Waals surface area contributed by atoms with Gasteiger partial charge in [-0.3, -0.25) is 9.59 Å². The number of hydrogen-bond donors (Lipinski definition) is 0. The molecule has 0 aliphatic rings. The van der Waals surface area contributed by atoms with Crippen molar-refractivity contribution in [3.05, 3.63) is 76.5 Å². The van der Waals surface area contributed by atoms with Gasteiger partial charge < -0.3 is 9.15 Å². The molecule has 0 atom stereocenters. The zero-order chi connectivity index (χ0) is 17.1. The van der Waals surface area contributed by atoms with E-state index in [1.807, 2.05) is 0 Å². The van der Waals surface area contributed by atoms with Gasteiger partial charge in [0.1, 0.15) is 11.5 Å². The second kappa shape index (κ2) is 6.72. The van der Waals surface area contributed by atoms with E-state index in [4.69, 9.17) is 20.8 Å². The Morgan fingerprint density at radius 3 is 2.46 bits per heavy atom. The molecule has 3 aromatic rings. The van der Waals surface area contributed by atoms with Crippen molar-refractivity contribution in [3.63, 3.8) is 0 Å². The molecule has 0 amide bonds. The number of methoxy groups -OCH3 is 1. The van der Waals surface area contributed by atoms with E-state index in [0.717, 1.165) is 0 Å². The highest BCUT2D eigenvalue weighted by Gasteiger charge is 2.18. The molecule has 0 N–H and O–H groups in total. The van der Waals surface area contributed by atoms with Gasteiger partial charge in [-0.05, 0) is 54.6 Å². The van der Waals surface area contributed by atoms with Gasteiger partial charge in [0.15, 0.2) is 17.8 Å². The van der Waals surface area contributed by atoms with Crippen LogP contribution >= 0.6 is 11.6 Å². The van der Waals surface area contributed by atoms with Crippen molar-refractivity contribution in [1.29, 1.82) is 0 Å². The third-order valence-electron chi connectivity index (χ3n) is 3.59. The molecule has 2 aromatic carbocycles. The van der Waals surface area contributed by atoms with Crippen molar-refractivity contribution >= 4 is 23.7 Å². The van der Waals surface area contributed by atoms with Crippen molar-refractivity contribution in [2.24, 2.45) is 0 Å². The Labute approximate surface area is 143 Å². The molecule has 0 saturated heterocycles. The average molecular weight is 341 g/mol. The summed E-state index contributed by atoms with van der Waals surface area (Å²) < 4.78 is 10.7. The van der Waals surface area contributed by atoms with Crippen LogP contribution in [0.1, 0.15) is 26.5 Å². The highest BCUT2D eigenvalue weighted by atomic mass is 35.5. The Morgan fingerprint density at radius 2 is 1.83 bits per heavy atom. The van der Waals surface area contributed by atoms with Crippen LogP contribution < -0.4 is 4.74 Å². The molecule has 120 valence electrons. The number of ketones is 1. The molecular weight excluding hydrogens is 328 g/mol. The smallest absolute Gasteiger partial charge is 0.193 e. The third-order valence-corrected chi connectivity index (χ3v) is 3.84. The SMILES string of the molecule is COc1ccc(-c2ccc(C=O)o2)c(C(=O)c2ccc(Cl)cc2)c1. The number of hydrogen-bond acceptors (Lipinski definition) is 4. The van der Waals surface area contributed by atoms with Gasteiger partial charge in [0.05, 0.1) is 7.11 Å². The molecule has 1 aromatic heterocycles. The fraction of sp³-hybridized carbons (Fsp3) is 0.0526. The Bertz CT molecular complexity index is 894. The Morgan fingerprint density at radius 1 is 1.08 bits per heavy atom. The van der Waals surface area contributed by atoms with Crippen LogP contribution in [0.15, 0.2) is 59.0 Å². The quantitative estimate of drug-likeness (QED) is 0.501. The van der Waals surface area contributed by atoms with Gasteiger partial charge in [-0.15, -0.1) is 0 Å². The maximum atomic E-state index is 12.9. The van der Waals surface area contributed by atoms with Gasteiger partial charge in [-0.2, -0.15) is 0 Å². The van der Waals surface area contributed by atoms with Gasteiger partial charge in [-0.25, -0.2) is 0 Å². The van der Waals surface area contributed by atoms with Crippen molar-refractivity contribution < 1.29 is 18.7 Å². The number of rotatable bonds is 5. The molecule has 24 heavy (non-hydrogen) atoms. The van der Waals surface area contributed by atoms with Crippen molar-refractivity contribution in [3.8, 4) is 17.1 Å². The van der Waals surface area contributed by atoms with E-state index in [9.17, 15) is 9.59 Å². The summed E-state index contributed by atoms with van der Waals surface area (Å²) in [7, 11) is 1.53. The number of carbonyl (C=O) groups excluding carboxylic acids is 2. The van der Waals surface area contributed by atoms with E-state index in [-0.39, 0.29) is 11.5 Å². The van der Waals surface area contributed by atoms with E-state index in [1.54, 1.807) is 54.6 Å². The first-order chi connectivity index (χ1) is 11.6. The Hall–Kier alpha value is -2.85. The Balaban J connectivity index is 2.11. The second-order valence-corrected chi connectivity index (χ2v) is 5.50. The van der Waals surface area contributed by atoms with Crippen molar-refractivity contribution in [2.45, 2.75) is 0 Å². The minimum Gasteiger partial charge on any atom is -0.497 e. The van der Waals surface area contributed by atoms with Crippen LogP contribution in [-0.4, -0.2) is 19.2 Å². The number of carbonyl (C=O) groups is 2. The van der Waals surface area contributed by atoms with Gasteiger partial charge >= 0.3 is 0 Å². The first-order valence-electron chi connectivity index (χ1n) is 7.16. The summed E-state index contributed by atoms with van der Waals surface area (Å²) in [6.07, 6.45) is 0.619. The maximum absolute atomic E-state index is 12.9. The Kier molecular flexibility index (Phi) is 4.49. The minimum atomic E-state index is -0.190. The highest BCUT2D eigenvalue weighted by Crippen LogP contribution is 2.30. The van der Waals surface area contributed by atoms with Crippen LogP contribution in [-0.2, 0) is 0 Å². The van der Waals surface area contributed by atoms with Crippen LogP contribution in [0.2, 0.25) is 5.02 Å². The van der Waals surface area contributed by atoms with E-state index in [1.165, 1.54) is 7.11 Å². The largest absolute Gasteiger partial charge is 0.497 e. The van der Waals surface area contributed by atoms with Gasteiger partial charge in [0.2, 0.25) is 0 Å². The van der Waals surface area contributed by atoms with Crippen LogP contribution in [0.5, 0.6) is 5.75 Å². The zero-order valence-electron chi connectivity index (χ0n) is 12.8. The lowest BCUT2D eigenvalue weighted by Crippen LogP contribution is -2.04. The lowest BCUT2D eigenvalue weighted by molar-refractivity contribution is 0.103. The predicted octanol–water partition coefficient (Wildman–Crippen LogP) is 4.65. The van der Waals surface area contributed by atoms with Crippen LogP contribution in [0.25, 0.3) is 11.3 Å². The van der Waals surface area contributed by atoms with E-state index in [2.05, 4.69) is 0 Å². The van der Waals surface area contributed by atoms with E-state index >= 15 is 0 Å². The summed E-state index contributed by atoms with van der Waals surface area (Å²) in [6.45, 7) is 0. The van der Waals surface area contributed by atoms with Crippen LogP contribution in [0.3, 0.4) is 0 Å². The summed E-state index contributed by atoms with van der Waals surface area (Å²) in [4.78, 5) is 23.7. The lowest BCUT2D eigenvalue weighted by Gasteiger charge is -2.09. The first-order valence-corrected chi connectivity index (χ1v) is 7.54. The van der Waals surface area contributed by atoms with Gasteiger partial charge in [0.25, 0.3) is 0 Å². The molecule has 0 saturated carbocycles. The summed E-state index contributed by atoms with van der Waals surface area (Å²) in [5.41, 5.74) is 1.50. The van der Waals surface area contributed by atoms with E-state index < -0.39 is 0 Å². The molecule has 0 radical (unpaired) electrons. The highest BCUT2D eigenvalue weighted by molar-refractivity contribution is 6.30. The average Bonchev–Trinajstić information content (AvgIpc) is 3.10. The number of ether oxygens (including phenoxy) is 1. The second-order valence-electron chi connectivity index (χ2n) is 5.07. The zero-order valence-corrected chi connectivity index (χ0v) is 13.5. The topological polar surface area (TPSA) is 56.5 Å². The summed E-state index contributed by atoms with van der Waals surface area (Å²) in [6, 6.07) is 15.0. The normalized spacial score (nSPS) is 10.4. The molecule has 5 heteroatoms. The molecule has 3 rings (SSSR count). The van der Waals surface area contributed by atoms with Crippen LogP contribution in [0, 0.1) is 0 Å². The molecule has 0 fully saturated rings. The van der Waals surface area contributed by atoms with Crippen molar-refractivity contribution in [2.75, 3.05) is 7.11 Å². The molecule has 0 unspecified atom stereocenters. The third kappa shape index (κ3) is 3.09. The fourth-order valence-electron chi connectivity index (χ4n) is 2.37. The fourth-order valence-corrected chi connectivity index (χ4v) is 2.50. The van der Waals surface area contributed by atoms with Gasteiger partial charge in [0, 0.05) is 21.7 Å². The maximum Gasteiger partial charge on any atom is 0.193 e. The minimum absolute atomic E-state index is 0.190. The number of aldehydes is 1. The number of furan rings is 1. The molecule has 0 aliphatic carbocycles. The van der Waals surface area contributed by atoms with Crippen LogP contribution in [0.4, 0.5) is 0 Å². The van der Waals surface area contributed by atoms with Gasteiger partial charge in [-0.1, -0.05) is 11.6 Å². The predicted molar refractivity (Wildman–Crippen MR) is 91.0 cm³/mol. The standard InChI is InChI=1S/C19H13ClO4/c1-23-14-6-8-16(18-9-7-15(11-21)24-18)17(10-14)19(22)12-2-4-13(20)5-3-12/h2-11H,1H3. The molecular formula is C19H13ClO4. The summed E-state index contributed by atoms with van der Waals surface area (Å²) in [5, 5.41) is 0.555. The molecule has 0 bridgehead atoms. The number of benzene rings is 2. The lowest BCUT2D eigenvalue weighted by atomic mass is 9.96. The van der Waals surface area contributed by atoms with E-state index in [0.29, 0.717) is 39.5 Å². The molecule has 0 spiro atoms.